The van der Waals surface area contributed by atoms with Crippen LogP contribution < -0.4 is 38.5 Å². The summed E-state index contributed by atoms with van der Waals surface area (Å²) in [5.41, 5.74) is 8.72. The maximum absolute atomic E-state index is 5.71. The molecule has 57 heavy (non-hydrogen) atoms. The molecule has 6 aliphatic heterocycles. The molecule has 0 radical (unpaired) electrons. The summed E-state index contributed by atoms with van der Waals surface area (Å²) in [6.07, 6.45) is 18.1. The molecule has 6 nitrogen and oxygen atoms in total. The summed E-state index contributed by atoms with van der Waals surface area (Å²) in [7, 11) is 0. The number of anilines is 5. The van der Waals surface area contributed by atoms with Gasteiger partial charge in [-0.25, -0.2) is 0 Å². The number of hydrogen-bond acceptors (Lipinski definition) is 6. The fraction of sp³-hybridized carbons (Fsp3) is 0.220. The van der Waals surface area contributed by atoms with Gasteiger partial charge in [-0.05, 0) is 0 Å². The van der Waals surface area contributed by atoms with Gasteiger partial charge >= 0.3 is 340 Å². The van der Waals surface area contributed by atoms with Crippen LogP contribution in [0.15, 0.2) is 181 Å². The van der Waals surface area contributed by atoms with Crippen molar-refractivity contribution in [1.82, 2.24) is 10.2 Å². The molecule has 6 heterocycles. The molecule has 8 aliphatic rings. The van der Waals surface area contributed by atoms with Crippen LogP contribution in [-0.2, 0) is 3.42 Å². The molecule has 7 heteroatoms. The average Bonchev–Trinajstić information content (AvgIpc) is 3.58. The van der Waals surface area contributed by atoms with Crippen LogP contribution in [0.4, 0.5) is 28.4 Å². The van der Waals surface area contributed by atoms with Gasteiger partial charge in [-0.15, -0.1) is 0 Å². The molecule has 5 aromatic carbocycles. The quantitative estimate of drug-likeness (QED) is 0.117. The van der Waals surface area contributed by atoms with E-state index in [9.17, 15) is 0 Å². The van der Waals surface area contributed by atoms with Gasteiger partial charge in [0.05, 0.1) is 0 Å². The van der Waals surface area contributed by atoms with Crippen LogP contribution in [0.2, 0.25) is 0 Å². The van der Waals surface area contributed by atoms with Crippen molar-refractivity contribution in [3.63, 3.8) is 0 Å². The van der Waals surface area contributed by atoms with Crippen LogP contribution >= 0.6 is 0 Å². The Balaban J connectivity index is 1.12. The van der Waals surface area contributed by atoms with Crippen molar-refractivity contribution in [2.45, 2.75) is 56.5 Å². The zero-order valence-electron chi connectivity index (χ0n) is 32.5. The number of nitrogens with one attached hydrogen (secondary N) is 1. The molecule has 8 unspecified atom stereocenters. The number of hydrogen-bond donors (Lipinski definition) is 1. The van der Waals surface area contributed by atoms with Crippen molar-refractivity contribution in [2.24, 2.45) is 10.9 Å². The van der Waals surface area contributed by atoms with E-state index in [1.165, 1.54) is 44.8 Å². The molecule has 0 amide bonds. The first kappa shape index (κ1) is 32.5. The number of nitrogens with zero attached hydrogens (tertiary/aromatic N) is 5. The standard InChI is InChI=1S/C50H44IN6/c1-32-18-8-13-25-38(32)56-44-45(53-48(2)29-17-16-28-43(48)52-44)57-39-26-14-11-23-36(39)49(3)50(4,46(56)57)51(49)37-24-12-15-27-40(37)55-42-31-34-20-10-9-19-33(34)30-41(42)54(47(51)55)35-21-6-5-7-22-35/h5-32,38,46-47,53H,1-4H3/q-1. The number of benzene rings is 5. The Labute approximate surface area is 338 Å². The van der Waals surface area contributed by atoms with Gasteiger partial charge in [-0.1, -0.05) is 0 Å². The molecule has 1 spiro atoms. The number of fused-ring (bicyclic) bond motifs is 18. The predicted molar refractivity (Wildman–Crippen MR) is 229 cm³/mol. The van der Waals surface area contributed by atoms with E-state index in [4.69, 9.17) is 4.99 Å². The summed E-state index contributed by atoms with van der Waals surface area (Å²) in [6.45, 7) is 10.1. The second-order valence-electron chi connectivity index (χ2n) is 17.2. The van der Waals surface area contributed by atoms with Gasteiger partial charge < -0.3 is 0 Å². The molecule has 1 fully saturated rings. The third-order valence-electron chi connectivity index (χ3n) is 14.6. The van der Waals surface area contributed by atoms with Crippen LogP contribution in [0.5, 0.6) is 0 Å². The summed E-state index contributed by atoms with van der Waals surface area (Å²) < 4.78 is 1.52. The first-order valence-corrected chi connectivity index (χ1v) is 24.8. The number of para-hydroxylation sites is 3. The topological polar surface area (TPSA) is 37.4 Å². The van der Waals surface area contributed by atoms with Gasteiger partial charge in [0.1, 0.15) is 0 Å². The van der Waals surface area contributed by atoms with E-state index in [0.29, 0.717) is 5.92 Å². The molecule has 282 valence electrons. The number of halogens is 1. The molecule has 2 aliphatic carbocycles. The first-order valence-electron chi connectivity index (χ1n) is 20.3. The van der Waals surface area contributed by atoms with Crippen molar-refractivity contribution in [3.8, 4) is 0 Å². The van der Waals surface area contributed by atoms with E-state index < -0.39 is 24.0 Å². The van der Waals surface area contributed by atoms with Gasteiger partial charge in [-0.3, -0.25) is 0 Å². The normalized spacial score (nSPS) is 35.1. The monoisotopic (exact) mass is 855 g/mol. The minimum absolute atomic E-state index is 0.0318. The van der Waals surface area contributed by atoms with Crippen molar-refractivity contribution in [1.29, 1.82) is 0 Å². The van der Waals surface area contributed by atoms with Crippen LogP contribution in [0, 0.1) is 9.49 Å². The minimum atomic E-state index is -3.52. The summed E-state index contributed by atoms with van der Waals surface area (Å²) in [5.74, 6) is 2.50. The molecular formula is C50H44IN6-. The van der Waals surface area contributed by atoms with Crippen molar-refractivity contribution in [3.05, 3.63) is 185 Å². The molecule has 0 bridgehead atoms. The number of aliphatic imine (C=N–C) groups is 1. The third-order valence-corrected chi connectivity index (χ3v) is 29.9. The molecule has 0 aromatic heterocycles. The second-order valence-corrected chi connectivity index (χ2v) is 27.4. The van der Waals surface area contributed by atoms with Gasteiger partial charge in [0, 0.05) is 0 Å². The van der Waals surface area contributed by atoms with Gasteiger partial charge in [0.2, 0.25) is 0 Å². The second kappa shape index (κ2) is 10.7. The van der Waals surface area contributed by atoms with Gasteiger partial charge in [-0.2, -0.15) is 0 Å². The van der Waals surface area contributed by atoms with E-state index in [0.717, 1.165) is 17.4 Å². The Kier molecular flexibility index (Phi) is 6.10. The summed E-state index contributed by atoms with van der Waals surface area (Å²) in [5, 5.41) is 6.71. The van der Waals surface area contributed by atoms with Crippen LogP contribution in [0.25, 0.3) is 10.8 Å². The summed E-state index contributed by atoms with van der Waals surface area (Å²) in [4.78, 5) is 16.8. The van der Waals surface area contributed by atoms with Crippen LogP contribution in [0.3, 0.4) is 0 Å². The summed E-state index contributed by atoms with van der Waals surface area (Å²) in [6, 6.07) is 44.2. The SMILES string of the molecule is CC1C=CC=CC1N1C2=C(NC3(C)C=CC=CC3=N2)N2c3ccccc3C3(C)C(C)(C21)[I-]31c2ccccc2N2c3cc4ccccc4cc3N(c3ccccc3)C21. The Hall–Kier alpha value is -5.54. The number of rotatable bonds is 2. The Bertz CT molecular complexity index is 2790. The zero-order chi connectivity index (χ0) is 38.1. The molecule has 5 aromatic rings. The third kappa shape index (κ3) is 3.56. The molecule has 1 N–H and O–H groups in total. The molecule has 13 rings (SSSR count). The van der Waals surface area contributed by atoms with Crippen molar-refractivity contribution < 1.29 is 18.4 Å². The Morgan fingerprint density at radius 1 is 0.667 bits per heavy atom. The summed E-state index contributed by atoms with van der Waals surface area (Å²) >= 11 is -3.52. The molecule has 8 atom stereocenters. The predicted octanol–water partition coefficient (Wildman–Crippen LogP) is 7.09. The van der Waals surface area contributed by atoms with Gasteiger partial charge in [0.15, 0.2) is 0 Å². The van der Waals surface area contributed by atoms with E-state index >= 15 is 0 Å². The van der Waals surface area contributed by atoms with Crippen molar-refractivity contribution >= 4 is 44.9 Å². The maximum atomic E-state index is 5.71. The Morgan fingerprint density at radius 3 is 2.14 bits per heavy atom. The zero-order valence-corrected chi connectivity index (χ0v) is 34.7. The number of alkyl halides is 3. The van der Waals surface area contributed by atoms with Crippen molar-refractivity contribution in [2.75, 3.05) is 14.7 Å². The van der Waals surface area contributed by atoms with E-state index in [2.05, 4.69) is 216 Å². The molecule has 0 saturated carbocycles. The van der Waals surface area contributed by atoms with E-state index in [1.807, 2.05) is 0 Å². The number of allylic oxidation sites excluding steroid dienone is 4. The fourth-order valence-electron chi connectivity index (χ4n) is 12.0. The molecule has 1 saturated heterocycles. The average molecular weight is 856 g/mol. The molecular weight excluding hydrogens is 811 g/mol. The van der Waals surface area contributed by atoms with Crippen LogP contribution in [-0.4, -0.2) is 36.0 Å². The Morgan fingerprint density at radius 2 is 1.35 bits per heavy atom. The van der Waals surface area contributed by atoms with Gasteiger partial charge in [0.25, 0.3) is 0 Å². The first-order chi connectivity index (χ1) is 27.8. The van der Waals surface area contributed by atoms with E-state index in [-0.39, 0.29) is 23.2 Å². The van der Waals surface area contributed by atoms with Crippen LogP contribution in [0.1, 0.15) is 33.3 Å². The van der Waals surface area contributed by atoms with E-state index in [1.54, 1.807) is 3.57 Å². The fourth-order valence-corrected chi connectivity index (χ4v) is 31.2.